The van der Waals surface area contributed by atoms with Gasteiger partial charge in [-0.05, 0) is 12.1 Å². The van der Waals surface area contributed by atoms with Gasteiger partial charge in [0, 0.05) is 18.7 Å². The van der Waals surface area contributed by atoms with Crippen molar-refractivity contribution >= 4 is 10.1 Å². The number of rotatable bonds is 4. The molecule has 0 saturated carbocycles. The number of pyridine rings is 1. The topological polar surface area (TPSA) is 74.7 Å². The molecule has 0 aliphatic carbocycles. The van der Waals surface area contributed by atoms with Crippen LogP contribution in [-0.4, -0.2) is 19.7 Å². The molecule has 0 bridgehead atoms. The minimum atomic E-state index is -3.48. The normalized spacial score (nSPS) is 17.2. The van der Waals surface area contributed by atoms with E-state index in [1.54, 1.807) is 25.3 Å². The van der Waals surface area contributed by atoms with Crippen LogP contribution in [-0.2, 0) is 36.2 Å². The number of nitrogens with zero attached hydrogens (tertiary/aromatic N) is 1. The van der Waals surface area contributed by atoms with Gasteiger partial charge in [-0.1, -0.05) is 0 Å². The van der Waals surface area contributed by atoms with Gasteiger partial charge < -0.3 is 9.47 Å². The van der Waals surface area contributed by atoms with Gasteiger partial charge in [-0.3, -0.25) is 9.17 Å². The first-order valence-corrected chi connectivity index (χ1v) is 7.01. The quantitative estimate of drug-likeness (QED) is 0.767. The summed E-state index contributed by atoms with van der Waals surface area (Å²) in [6.07, 6.45) is 5.44. The van der Waals surface area contributed by atoms with Crippen molar-refractivity contribution in [3.05, 3.63) is 42.1 Å². The molecule has 1 aromatic rings. The zero-order valence-electron chi connectivity index (χ0n) is 9.99. The van der Waals surface area contributed by atoms with Crippen LogP contribution in [0.25, 0.3) is 0 Å². The van der Waals surface area contributed by atoms with E-state index in [1.807, 2.05) is 0 Å². The summed E-state index contributed by atoms with van der Waals surface area (Å²) in [6.45, 7) is 1.64. The minimum absolute atomic E-state index is 0.115. The Labute approximate surface area is 105 Å². The van der Waals surface area contributed by atoms with Gasteiger partial charge in [0.2, 0.25) is 0 Å². The lowest BCUT2D eigenvalue weighted by atomic mass is 10.1. The van der Waals surface area contributed by atoms with Crippen LogP contribution in [0, 0.1) is 0 Å². The Morgan fingerprint density at radius 3 is 2.67 bits per heavy atom. The fourth-order valence-electron chi connectivity index (χ4n) is 1.49. The molecule has 0 N–H and O–H groups in total. The van der Waals surface area contributed by atoms with Gasteiger partial charge in [0.05, 0.1) is 11.9 Å². The van der Waals surface area contributed by atoms with Gasteiger partial charge in [-0.15, -0.1) is 0 Å². The van der Waals surface area contributed by atoms with Crippen molar-refractivity contribution in [2.45, 2.75) is 19.3 Å². The fraction of sp³-hybridized carbons (Fsp3) is 0.364. The Bertz CT molecular complexity index is 559. The molecule has 0 spiro atoms. The highest BCUT2D eigenvalue weighted by Gasteiger charge is 2.32. The van der Waals surface area contributed by atoms with Gasteiger partial charge in [0.25, 0.3) is 15.9 Å². The second-order valence-electron chi connectivity index (χ2n) is 3.96. The largest absolute Gasteiger partial charge is 0.453 e. The van der Waals surface area contributed by atoms with Gasteiger partial charge in [0.1, 0.15) is 19.1 Å². The highest BCUT2D eigenvalue weighted by Crippen LogP contribution is 2.31. The van der Waals surface area contributed by atoms with Crippen LogP contribution < -0.4 is 0 Å². The van der Waals surface area contributed by atoms with Crippen molar-refractivity contribution in [1.29, 1.82) is 0 Å². The first-order chi connectivity index (χ1) is 8.39. The first kappa shape index (κ1) is 12.8. The third-order valence-electron chi connectivity index (χ3n) is 2.40. The number of hydrogen-bond donors (Lipinski definition) is 0. The monoisotopic (exact) mass is 271 g/mol. The minimum Gasteiger partial charge on any atom is -0.453 e. The standard InChI is InChI=1S/C11H13NO5S/c1-11(15-5-6-16-11)9-3-4-12-10(7-9)8-17-18(2,13)14/h3-7H,8H2,1-2H3. The maximum atomic E-state index is 10.9. The van der Waals surface area contributed by atoms with Gasteiger partial charge >= 0.3 is 0 Å². The van der Waals surface area contributed by atoms with E-state index in [0.717, 1.165) is 11.8 Å². The summed E-state index contributed by atoms with van der Waals surface area (Å²) in [6, 6.07) is 3.41. The summed E-state index contributed by atoms with van der Waals surface area (Å²) >= 11 is 0. The van der Waals surface area contributed by atoms with Crippen LogP contribution in [0.2, 0.25) is 0 Å². The van der Waals surface area contributed by atoms with Gasteiger partial charge in [0.15, 0.2) is 0 Å². The Kier molecular flexibility index (Phi) is 3.27. The molecule has 98 valence electrons. The van der Waals surface area contributed by atoms with Crippen LogP contribution in [0.3, 0.4) is 0 Å². The molecule has 0 atom stereocenters. The van der Waals surface area contributed by atoms with E-state index in [2.05, 4.69) is 9.17 Å². The maximum Gasteiger partial charge on any atom is 0.274 e. The lowest BCUT2D eigenvalue weighted by Crippen LogP contribution is -2.22. The van der Waals surface area contributed by atoms with E-state index in [4.69, 9.17) is 9.47 Å². The summed E-state index contributed by atoms with van der Waals surface area (Å²) in [5.74, 6) is -0.900. The molecule has 0 radical (unpaired) electrons. The zero-order chi connectivity index (χ0) is 13.2. The van der Waals surface area contributed by atoms with Crippen molar-refractivity contribution in [2.24, 2.45) is 0 Å². The average molecular weight is 271 g/mol. The third-order valence-corrected chi connectivity index (χ3v) is 2.95. The van der Waals surface area contributed by atoms with Crippen LogP contribution in [0.15, 0.2) is 30.9 Å². The summed E-state index contributed by atoms with van der Waals surface area (Å²) in [5, 5.41) is 0. The highest BCUT2D eigenvalue weighted by atomic mass is 32.2. The van der Waals surface area contributed by atoms with Crippen molar-refractivity contribution in [2.75, 3.05) is 6.26 Å². The summed E-state index contributed by atoms with van der Waals surface area (Å²) in [4.78, 5) is 4.02. The second kappa shape index (κ2) is 4.58. The predicted octanol–water partition coefficient (Wildman–Crippen LogP) is 1.25. The molecule has 0 amide bonds. The summed E-state index contributed by atoms with van der Waals surface area (Å²) in [7, 11) is -3.48. The Morgan fingerprint density at radius 2 is 2.06 bits per heavy atom. The van der Waals surface area contributed by atoms with Gasteiger partial charge in [-0.25, -0.2) is 0 Å². The molecule has 2 rings (SSSR count). The Balaban J connectivity index is 2.15. The molecule has 18 heavy (non-hydrogen) atoms. The average Bonchev–Trinajstić information content (AvgIpc) is 2.75. The maximum absolute atomic E-state index is 10.9. The van der Waals surface area contributed by atoms with E-state index in [9.17, 15) is 8.42 Å². The first-order valence-electron chi connectivity index (χ1n) is 5.19. The van der Waals surface area contributed by atoms with Crippen molar-refractivity contribution in [1.82, 2.24) is 4.98 Å². The van der Waals surface area contributed by atoms with E-state index >= 15 is 0 Å². The molecule has 1 aromatic heterocycles. The molecule has 1 aliphatic rings. The second-order valence-corrected chi connectivity index (χ2v) is 5.60. The molecule has 6 nitrogen and oxygen atoms in total. The molecule has 1 aliphatic heterocycles. The summed E-state index contributed by atoms with van der Waals surface area (Å²) in [5.41, 5.74) is 1.22. The van der Waals surface area contributed by atoms with E-state index in [1.165, 1.54) is 12.5 Å². The number of ether oxygens (including phenoxy) is 2. The third kappa shape index (κ3) is 2.99. The molecular formula is C11H13NO5S. The molecule has 0 fully saturated rings. The van der Waals surface area contributed by atoms with Crippen LogP contribution >= 0.6 is 0 Å². The predicted molar refractivity (Wildman–Crippen MR) is 62.5 cm³/mol. The molecule has 0 saturated heterocycles. The SMILES string of the molecule is CC1(c2ccnc(COS(C)(=O)=O)c2)OC=CO1. The Hall–Kier alpha value is -1.60. The van der Waals surface area contributed by atoms with Crippen LogP contribution in [0.5, 0.6) is 0 Å². The number of hydrogen-bond acceptors (Lipinski definition) is 6. The van der Waals surface area contributed by atoms with E-state index in [-0.39, 0.29) is 6.61 Å². The Morgan fingerprint density at radius 1 is 1.39 bits per heavy atom. The molecular weight excluding hydrogens is 258 g/mol. The molecule has 0 aromatic carbocycles. The summed E-state index contributed by atoms with van der Waals surface area (Å²) < 4.78 is 37.2. The lowest BCUT2D eigenvalue weighted by molar-refractivity contribution is -0.133. The number of aromatic nitrogens is 1. The van der Waals surface area contributed by atoms with E-state index < -0.39 is 15.9 Å². The van der Waals surface area contributed by atoms with Crippen molar-refractivity contribution in [3.63, 3.8) is 0 Å². The van der Waals surface area contributed by atoms with Gasteiger partial charge in [-0.2, -0.15) is 8.42 Å². The lowest BCUT2D eigenvalue weighted by Gasteiger charge is -2.23. The van der Waals surface area contributed by atoms with Crippen molar-refractivity contribution < 1.29 is 22.1 Å². The smallest absolute Gasteiger partial charge is 0.274 e. The van der Waals surface area contributed by atoms with Crippen LogP contribution in [0.4, 0.5) is 0 Å². The zero-order valence-corrected chi connectivity index (χ0v) is 10.8. The van der Waals surface area contributed by atoms with Crippen molar-refractivity contribution in [3.8, 4) is 0 Å². The highest BCUT2D eigenvalue weighted by molar-refractivity contribution is 7.85. The molecule has 2 heterocycles. The molecule has 7 heteroatoms. The fourth-order valence-corrected chi connectivity index (χ4v) is 1.82. The van der Waals surface area contributed by atoms with Crippen LogP contribution in [0.1, 0.15) is 18.2 Å². The molecule has 0 unspecified atom stereocenters. The van der Waals surface area contributed by atoms with E-state index in [0.29, 0.717) is 5.69 Å².